The van der Waals surface area contributed by atoms with Crippen LogP contribution in [0.15, 0.2) is 12.4 Å². The zero-order valence-electron chi connectivity index (χ0n) is 10.1. The first-order valence-electron chi connectivity index (χ1n) is 6.02. The first kappa shape index (κ1) is 12.7. The molecule has 16 heavy (non-hydrogen) atoms. The number of carboxylic acid groups (broad SMARTS) is 1. The lowest BCUT2D eigenvalue weighted by Crippen LogP contribution is -2.39. The largest absolute Gasteiger partial charge is 0.472 e. The van der Waals surface area contributed by atoms with E-state index in [1.807, 2.05) is 21.5 Å². The molecular weight excluding hydrogens is 204 g/mol. The molecule has 0 aromatic carbocycles. The highest BCUT2D eigenvalue weighted by molar-refractivity contribution is 5.81. The predicted octanol–water partition coefficient (Wildman–Crippen LogP) is 2.07. The van der Waals surface area contributed by atoms with Gasteiger partial charge in [0.05, 0.1) is 13.1 Å². The van der Waals surface area contributed by atoms with E-state index in [4.69, 9.17) is 0 Å². The number of hydrogen-bond acceptors (Lipinski definition) is 1. The van der Waals surface area contributed by atoms with Crippen LogP contribution in [0.2, 0.25) is 0 Å². The average Bonchev–Trinajstić information content (AvgIpc) is 2.66. The Morgan fingerprint density at radius 3 is 2.62 bits per heavy atom. The van der Waals surface area contributed by atoms with E-state index < -0.39 is 5.97 Å². The molecule has 0 aliphatic rings. The summed E-state index contributed by atoms with van der Waals surface area (Å²) in [4.78, 5) is 11.2. The van der Waals surface area contributed by atoms with Gasteiger partial charge in [-0.1, -0.05) is 26.7 Å². The van der Waals surface area contributed by atoms with Crippen molar-refractivity contribution in [1.82, 2.24) is 4.57 Å². The zero-order chi connectivity index (χ0) is 12.0. The Bertz CT molecular complexity index is 319. The number of carbonyl (C=O) groups is 1. The molecule has 0 radical (unpaired) electrons. The van der Waals surface area contributed by atoms with Crippen molar-refractivity contribution in [1.29, 1.82) is 0 Å². The molecule has 90 valence electrons. The third-order valence-electron chi connectivity index (χ3n) is 2.67. The second-order valence-electron chi connectivity index (χ2n) is 4.02. The predicted molar refractivity (Wildman–Crippen MR) is 61.4 cm³/mol. The van der Waals surface area contributed by atoms with E-state index >= 15 is 0 Å². The van der Waals surface area contributed by atoms with Crippen molar-refractivity contribution >= 4 is 5.97 Å². The number of carboxylic acids is 1. The van der Waals surface area contributed by atoms with Crippen molar-refractivity contribution in [2.24, 2.45) is 0 Å². The molecule has 0 spiro atoms. The van der Waals surface area contributed by atoms with Gasteiger partial charge >= 0.3 is 11.8 Å². The first-order valence-corrected chi connectivity index (χ1v) is 6.02. The minimum Gasteiger partial charge on any atom is -0.472 e. The molecule has 1 aromatic heterocycles. The molecule has 0 atom stereocenters. The molecule has 0 amide bonds. The Balaban J connectivity index is 2.84. The van der Waals surface area contributed by atoms with Gasteiger partial charge in [0.25, 0.3) is 0 Å². The number of aromatic nitrogens is 2. The topological polar surface area (TPSA) is 46.1 Å². The zero-order valence-corrected chi connectivity index (χ0v) is 10.1. The number of hydrogen-bond donors (Lipinski definition) is 1. The van der Waals surface area contributed by atoms with Crippen LogP contribution in [-0.4, -0.2) is 15.6 Å². The van der Waals surface area contributed by atoms with E-state index in [1.54, 1.807) is 0 Å². The highest BCUT2D eigenvalue weighted by Crippen LogP contribution is 2.01. The quantitative estimate of drug-likeness (QED) is 0.722. The fraction of sp³-hybridized carbons (Fsp3) is 0.667. The summed E-state index contributed by atoms with van der Waals surface area (Å²) in [7, 11) is 0. The van der Waals surface area contributed by atoms with Crippen LogP contribution < -0.4 is 4.57 Å². The smallest absolute Gasteiger partial charge is 0.419 e. The van der Waals surface area contributed by atoms with Gasteiger partial charge in [0.2, 0.25) is 0 Å². The normalized spacial score (nSPS) is 10.6. The van der Waals surface area contributed by atoms with Crippen LogP contribution in [0.1, 0.15) is 50.1 Å². The lowest BCUT2D eigenvalue weighted by atomic mass is 10.3. The van der Waals surface area contributed by atoms with E-state index in [0.29, 0.717) is 5.82 Å². The molecule has 0 bridgehead atoms. The van der Waals surface area contributed by atoms with Crippen molar-refractivity contribution < 1.29 is 14.5 Å². The average molecular weight is 225 g/mol. The Morgan fingerprint density at radius 1 is 1.38 bits per heavy atom. The summed E-state index contributed by atoms with van der Waals surface area (Å²) in [5.41, 5.74) is 0. The molecule has 4 heteroatoms. The number of aromatic carboxylic acids is 1. The summed E-state index contributed by atoms with van der Waals surface area (Å²) in [6, 6.07) is 0. The van der Waals surface area contributed by atoms with Crippen molar-refractivity contribution in [2.45, 2.75) is 52.6 Å². The summed E-state index contributed by atoms with van der Waals surface area (Å²) < 4.78 is 3.67. The van der Waals surface area contributed by atoms with Crippen LogP contribution in [0.3, 0.4) is 0 Å². The van der Waals surface area contributed by atoms with Gasteiger partial charge in [-0.15, -0.1) is 0 Å². The summed E-state index contributed by atoms with van der Waals surface area (Å²) in [6.07, 6.45) is 7.92. The third-order valence-corrected chi connectivity index (χ3v) is 2.67. The third kappa shape index (κ3) is 3.08. The summed E-state index contributed by atoms with van der Waals surface area (Å²) in [6.45, 7) is 5.79. The Morgan fingerprint density at radius 2 is 2.06 bits per heavy atom. The first-order chi connectivity index (χ1) is 7.70. The van der Waals surface area contributed by atoms with Gasteiger partial charge in [-0.2, -0.15) is 0 Å². The van der Waals surface area contributed by atoms with Crippen LogP contribution in [0, 0.1) is 0 Å². The van der Waals surface area contributed by atoms with Gasteiger partial charge < -0.3 is 5.11 Å². The molecule has 0 aliphatic heterocycles. The van der Waals surface area contributed by atoms with Gasteiger partial charge in [0, 0.05) is 0 Å². The highest BCUT2D eigenvalue weighted by Gasteiger charge is 2.23. The van der Waals surface area contributed by atoms with E-state index in [0.717, 1.165) is 38.8 Å². The van der Waals surface area contributed by atoms with E-state index in [1.165, 1.54) is 0 Å². The second kappa shape index (κ2) is 6.30. The van der Waals surface area contributed by atoms with Gasteiger partial charge in [-0.3, -0.25) is 0 Å². The molecule has 0 fully saturated rings. The van der Waals surface area contributed by atoms with Crippen LogP contribution in [-0.2, 0) is 13.1 Å². The lowest BCUT2D eigenvalue weighted by molar-refractivity contribution is -0.699. The summed E-state index contributed by atoms with van der Waals surface area (Å²) in [5, 5.41) is 9.19. The lowest BCUT2D eigenvalue weighted by Gasteiger charge is -2.00. The molecule has 1 heterocycles. The number of aryl methyl sites for hydroxylation is 2. The molecule has 1 N–H and O–H groups in total. The van der Waals surface area contributed by atoms with Gasteiger partial charge in [-0.25, -0.2) is 13.9 Å². The van der Waals surface area contributed by atoms with Crippen LogP contribution in [0.5, 0.6) is 0 Å². The van der Waals surface area contributed by atoms with Crippen molar-refractivity contribution in [3.8, 4) is 0 Å². The number of unbranched alkanes of at least 4 members (excludes halogenated alkanes) is 2. The van der Waals surface area contributed by atoms with Crippen molar-refractivity contribution in [3.63, 3.8) is 0 Å². The molecular formula is C12H21N2O2+. The molecule has 4 nitrogen and oxygen atoms in total. The van der Waals surface area contributed by atoms with Crippen LogP contribution in [0.4, 0.5) is 0 Å². The minimum atomic E-state index is -0.836. The number of nitrogens with zero attached hydrogens (tertiary/aromatic N) is 2. The number of rotatable bonds is 7. The highest BCUT2D eigenvalue weighted by atomic mass is 16.4. The van der Waals surface area contributed by atoms with Crippen molar-refractivity contribution in [2.75, 3.05) is 0 Å². The molecule has 0 saturated carbocycles. The maximum Gasteiger partial charge on any atom is 0.419 e. The van der Waals surface area contributed by atoms with E-state index in [-0.39, 0.29) is 0 Å². The molecule has 1 rings (SSSR count). The van der Waals surface area contributed by atoms with Gasteiger partial charge in [0.15, 0.2) is 0 Å². The molecule has 1 aromatic rings. The fourth-order valence-corrected chi connectivity index (χ4v) is 1.73. The monoisotopic (exact) mass is 225 g/mol. The Hall–Kier alpha value is -1.32. The van der Waals surface area contributed by atoms with E-state index in [2.05, 4.69) is 13.8 Å². The maximum atomic E-state index is 11.2. The molecule has 0 unspecified atom stereocenters. The minimum absolute atomic E-state index is 0.405. The van der Waals surface area contributed by atoms with Gasteiger partial charge in [-0.05, 0) is 12.8 Å². The second-order valence-corrected chi connectivity index (χ2v) is 4.02. The van der Waals surface area contributed by atoms with E-state index in [9.17, 15) is 9.90 Å². The maximum absolute atomic E-state index is 11.2. The SMILES string of the molecule is CCCCn1cc[n+](CCCC)c1C(=O)O. The van der Waals surface area contributed by atoms with Gasteiger partial charge in [0.1, 0.15) is 12.4 Å². The van der Waals surface area contributed by atoms with Crippen LogP contribution in [0.25, 0.3) is 0 Å². The standard InChI is InChI=1S/C12H20N2O2/c1-3-5-7-13-9-10-14(8-6-4-2)11(13)12(15)16/h9-10H,3-8H2,1-2H3/p+1. The Labute approximate surface area is 96.5 Å². The molecule has 0 aliphatic carbocycles. The van der Waals surface area contributed by atoms with Crippen LogP contribution >= 0.6 is 0 Å². The number of imidazole rings is 1. The summed E-state index contributed by atoms with van der Waals surface area (Å²) in [5.74, 6) is -0.431. The summed E-state index contributed by atoms with van der Waals surface area (Å²) >= 11 is 0. The fourth-order valence-electron chi connectivity index (χ4n) is 1.73. The Kier molecular flexibility index (Phi) is 5.02. The molecule has 0 saturated heterocycles. The van der Waals surface area contributed by atoms with Crippen molar-refractivity contribution in [3.05, 3.63) is 18.2 Å².